The number of hydrogen-bond acceptors (Lipinski definition) is 8. The van der Waals surface area contributed by atoms with Gasteiger partial charge in [-0.1, -0.05) is 11.3 Å². The van der Waals surface area contributed by atoms with E-state index in [0.29, 0.717) is 22.3 Å². The Balaban J connectivity index is 1.73. The summed E-state index contributed by atoms with van der Waals surface area (Å²) in [4.78, 5) is 27.9. The van der Waals surface area contributed by atoms with Crippen LogP contribution in [0.1, 0.15) is 23.2 Å². The number of aromatic nitrogens is 5. The molecule has 0 bridgehead atoms. The van der Waals surface area contributed by atoms with E-state index in [2.05, 4.69) is 35.4 Å². The van der Waals surface area contributed by atoms with Gasteiger partial charge in [-0.2, -0.15) is 0 Å². The topological polar surface area (TPSA) is 96.8 Å². The summed E-state index contributed by atoms with van der Waals surface area (Å²) in [6, 6.07) is 3.66. The molecule has 1 amide bonds. The molecular formula is C16H15N7OS. The molecule has 1 saturated heterocycles. The van der Waals surface area contributed by atoms with Crippen molar-refractivity contribution >= 4 is 28.3 Å². The Morgan fingerprint density at radius 1 is 1.20 bits per heavy atom. The largest absolute Gasteiger partial charge is 0.341 e. The standard InChI is InChI=1S/C16H15N7OS/c24-14(21-16-22-19-10-25-16)12-9-18-15(23-7-1-2-8-23)20-13(12)11-3-5-17-6-4-11/h3-6,9-10H,1-2,7-8H2,(H,21,22,24). The molecule has 9 heteroatoms. The van der Waals surface area contributed by atoms with E-state index < -0.39 is 0 Å². The second kappa shape index (κ2) is 6.89. The van der Waals surface area contributed by atoms with Crippen LogP contribution in [0, 0.1) is 0 Å². The summed E-state index contributed by atoms with van der Waals surface area (Å²) >= 11 is 1.26. The molecule has 1 N–H and O–H groups in total. The number of nitrogens with zero attached hydrogens (tertiary/aromatic N) is 6. The maximum absolute atomic E-state index is 12.7. The van der Waals surface area contributed by atoms with Crippen LogP contribution >= 0.6 is 11.3 Å². The van der Waals surface area contributed by atoms with Gasteiger partial charge < -0.3 is 4.90 Å². The molecule has 0 aromatic carbocycles. The highest BCUT2D eigenvalue weighted by atomic mass is 32.1. The molecule has 25 heavy (non-hydrogen) atoms. The third kappa shape index (κ3) is 3.31. The summed E-state index contributed by atoms with van der Waals surface area (Å²) in [5, 5.41) is 10.7. The lowest BCUT2D eigenvalue weighted by atomic mass is 10.1. The van der Waals surface area contributed by atoms with Crippen LogP contribution in [0.3, 0.4) is 0 Å². The number of nitrogens with one attached hydrogen (secondary N) is 1. The molecule has 1 fully saturated rings. The van der Waals surface area contributed by atoms with Gasteiger partial charge in [0.05, 0.1) is 11.3 Å². The Kier molecular flexibility index (Phi) is 4.30. The Morgan fingerprint density at radius 3 is 2.72 bits per heavy atom. The number of anilines is 2. The molecular weight excluding hydrogens is 338 g/mol. The van der Waals surface area contributed by atoms with Gasteiger partial charge in [0.25, 0.3) is 5.91 Å². The molecule has 0 unspecified atom stereocenters. The molecule has 1 aliphatic rings. The lowest BCUT2D eigenvalue weighted by molar-refractivity contribution is 0.102. The van der Waals surface area contributed by atoms with E-state index in [1.54, 1.807) is 24.1 Å². The average Bonchev–Trinajstić information content (AvgIpc) is 3.36. The van der Waals surface area contributed by atoms with Gasteiger partial charge in [0, 0.05) is 37.2 Å². The molecule has 0 spiro atoms. The summed E-state index contributed by atoms with van der Waals surface area (Å²) in [5.41, 5.74) is 3.36. The summed E-state index contributed by atoms with van der Waals surface area (Å²) in [6.07, 6.45) is 7.20. The van der Waals surface area contributed by atoms with E-state index in [4.69, 9.17) is 0 Å². The van der Waals surface area contributed by atoms with Crippen molar-refractivity contribution in [1.82, 2.24) is 25.1 Å². The van der Waals surface area contributed by atoms with Crippen molar-refractivity contribution in [1.29, 1.82) is 0 Å². The van der Waals surface area contributed by atoms with Crippen LogP contribution < -0.4 is 10.2 Å². The fourth-order valence-electron chi connectivity index (χ4n) is 2.73. The van der Waals surface area contributed by atoms with E-state index in [1.807, 2.05) is 12.1 Å². The van der Waals surface area contributed by atoms with Crippen molar-refractivity contribution in [3.63, 3.8) is 0 Å². The SMILES string of the molecule is O=C(Nc1nncs1)c1cnc(N2CCCC2)nc1-c1ccncc1. The number of hydrogen-bond donors (Lipinski definition) is 1. The van der Waals surface area contributed by atoms with Gasteiger partial charge in [0.1, 0.15) is 5.51 Å². The van der Waals surface area contributed by atoms with Crippen molar-refractivity contribution in [2.75, 3.05) is 23.3 Å². The zero-order chi connectivity index (χ0) is 17.1. The quantitative estimate of drug-likeness (QED) is 0.768. The fourth-order valence-corrected chi connectivity index (χ4v) is 3.17. The molecule has 0 saturated carbocycles. The minimum atomic E-state index is -0.309. The third-order valence-electron chi connectivity index (χ3n) is 3.94. The average molecular weight is 353 g/mol. The summed E-state index contributed by atoms with van der Waals surface area (Å²) in [5.74, 6) is 0.341. The highest BCUT2D eigenvalue weighted by molar-refractivity contribution is 7.13. The van der Waals surface area contributed by atoms with Crippen molar-refractivity contribution < 1.29 is 4.79 Å². The van der Waals surface area contributed by atoms with E-state index in [0.717, 1.165) is 31.5 Å². The van der Waals surface area contributed by atoms with E-state index in [-0.39, 0.29) is 5.91 Å². The molecule has 3 aromatic rings. The normalized spacial score (nSPS) is 13.8. The first-order valence-corrected chi connectivity index (χ1v) is 8.79. The number of pyridine rings is 1. The van der Waals surface area contributed by atoms with Gasteiger partial charge in [-0.25, -0.2) is 9.97 Å². The number of carbonyl (C=O) groups excluding carboxylic acids is 1. The second-order valence-corrected chi connectivity index (χ2v) is 6.39. The van der Waals surface area contributed by atoms with Gasteiger partial charge in [-0.3, -0.25) is 15.1 Å². The Labute approximate surface area is 148 Å². The lowest BCUT2D eigenvalue weighted by Gasteiger charge is -2.17. The molecule has 4 rings (SSSR count). The molecule has 3 aromatic heterocycles. The van der Waals surface area contributed by atoms with Gasteiger partial charge in [0.15, 0.2) is 0 Å². The van der Waals surface area contributed by atoms with E-state index >= 15 is 0 Å². The third-order valence-corrected chi connectivity index (χ3v) is 4.55. The van der Waals surface area contributed by atoms with Crippen LogP contribution in [0.5, 0.6) is 0 Å². The highest BCUT2D eigenvalue weighted by Crippen LogP contribution is 2.25. The minimum Gasteiger partial charge on any atom is -0.341 e. The van der Waals surface area contributed by atoms with Crippen LogP contribution in [0.4, 0.5) is 11.1 Å². The molecule has 0 atom stereocenters. The molecule has 0 aliphatic carbocycles. The van der Waals surface area contributed by atoms with Gasteiger partial charge >= 0.3 is 0 Å². The molecule has 126 valence electrons. The van der Waals surface area contributed by atoms with Crippen LogP contribution in [0.2, 0.25) is 0 Å². The monoisotopic (exact) mass is 353 g/mol. The van der Waals surface area contributed by atoms with Crippen molar-refractivity contribution in [3.8, 4) is 11.3 Å². The minimum absolute atomic E-state index is 0.309. The number of amides is 1. The van der Waals surface area contributed by atoms with Crippen molar-refractivity contribution in [2.24, 2.45) is 0 Å². The zero-order valence-corrected chi connectivity index (χ0v) is 14.1. The maximum Gasteiger partial charge on any atom is 0.261 e. The Hall–Kier alpha value is -2.94. The first-order chi connectivity index (χ1) is 12.3. The number of rotatable bonds is 4. The summed E-state index contributed by atoms with van der Waals surface area (Å²) in [7, 11) is 0. The number of carbonyl (C=O) groups is 1. The van der Waals surface area contributed by atoms with Crippen molar-refractivity contribution in [3.05, 3.63) is 41.8 Å². The van der Waals surface area contributed by atoms with Crippen molar-refractivity contribution in [2.45, 2.75) is 12.8 Å². The first kappa shape index (κ1) is 15.6. The lowest BCUT2D eigenvalue weighted by Crippen LogP contribution is -2.22. The second-order valence-electron chi connectivity index (χ2n) is 5.56. The fraction of sp³-hybridized carbons (Fsp3) is 0.250. The Morgan fingerprint density at radius 2 is 2.00 bits per heavy atom. The zero-order valence-electron chi connectivity index (χ0n) is 13.3. The van der Waals surface area contributed by atoms with Crippen LogP contribution in [0.25, 0.3) is 11.3 Å². The van der Waals surface area contributed by atoms with Gasteiger partial charge in [-0.15, -0.1) is 10.2 Å². The molecule has 4 heterocycles. The summed E-state index contributed by atoms with van der Waals surface area (Å²) in [6.45, 7) is 1.87. The molecule has 0 radical (unpaired) electrons. The van der Waals surface area contributed by atoms with E-state index in [1.165, 1.54) is 11.3 Å². The smallest absolute Gasteiger partial charge is 0.261 e. The predicted octanol–water partition coefficient (Wildman–Crippen LogP) is 2.24. The van der Waals surface area contributed by atoms with Crippen LogP contribution in [0.15, 0.2) is 36.2 Å². The summed E-state index contributed by atoms with van der Waals surface area (Å²) < 4.78 is 0. The molecule has 1 aliphatic heterocycles. The Bertz CT molecular complexity index is 863. The first-order valence-electron chi connectivity index (χ1n) is 7.91. The highest BCUT2D eigenvalue weighted by Gasteiger charge is 2.21. The van der Waals surface area contributed by atoms with Crippen LogP contribution in [-0.4, -0.2) is 44.1 Å². The van der Waals surface area contributed by atoms with E-state index in [9.17, 15) is 4.79 Å². The van der Waals surface area contributed by atoms with Gasteiger partial charge in [0.2, 0.25) is 11.1 Å². The van der Waals surface area contributed by atoms with Gasteiger partial charge in [-0.05, 0) is 25.0 Å². The molecule has 8 nitrogen and oxygen atoms in total. The van der Waals surface area contributed by atoms with Crippen LogP contribution in [-0.2, 0) is 0 Å². The maximum atomic E-state index is 12.7. The predicted molar refractivity (Wildman–Crippen MR) is 94.6 cm³/mol.